The van der Waals surface area contributed by atoms with Crippen LogP contribution in [-0.4, -0.2) is 34.5 Å². The molecule has 0 unspecified atom stereocenters. The average molecular weight is 301 g/mol. The number of hydrogen-bond acceptors (Lipinski definition) is 2. The zero-order chi connectivity index (χ0) is 15.6. The third-order valence-electron chi connectivity index (χ3n) is 3.52. The number of carboxylic acids is 1. The second kappa shape index (κ2) is 5.75. The summed E-state index contributed by atoms with van der Waals surface area (Å²) in [5, 5.41) is 9.01. The molecule has 4 nitrogen and oxygen atoms in total. The van der Waals surface area contributed by atoms with E-state index in [1.54, 1.807) is 0 Å². The lowest BCUT2D eigenvalue weighted by atomic mass is 10.0. The number of likely N-dealkylation sites (tertiary alicyclic amines) is 1. The van der Waals surface area contributed by atoms with E-state index in [1.165, 1.54) is 18.2 Å². The van der Waals surface area contributed by atoms with Gasteiger partial charge in [0.25, 0.3) is 0 Å². The van der Waals surface area contributed by atoms with Crippen LogP contribution in [0.2, 0.25) is 0 Å². The van der Waals surface area contributed by atoms with Crippen LogP contribution in [0.1, 0.15) is 24.0 Å². The van der Waals surface area contributed by atoms with E-state index in [9.17, 15) is 22.8 Å². The van der Waals surface area contributed by atoms with E-state index in [0.717, 1.165) is 11.0 Å². The minimum absolute atomic E-state index is 0.133. The van der Waals surface area contributed by atoms with Crippen LogP contribution in [0.5, 0.6) is 0 Å². The van der Waals surface area contributed by atoms with Crippen LogP contribution in [0.4, 0.5) is 13.2 Å². The fraction of sp³-hybridized carbons (Fsp3) is 0.429. The monoisotopic (exact) mass is 301 g/mol. The first kappa shape index (κ1) is 15.3. The summed E-state index contributed by atoms with van der Waals surface area (Å²) >= 11 is 0. The predicted octanol–water partition coefficient (Wildman–Crippen LogP) is 2.32. The average Bonchev–Trinajstić information content (AvgIpc) is 2.87. The zero-order valence-electron chi connectivity index (χ0n) is 11.1. The maximum atomic E-state index is 12.9. The summed E-state index contributed by atoms with van der Waals surface area (Å²) in [5.74, 6) is -1.71. The van der Waals surface area contributed by atoms with Gasteiger partial charge in [0.15, 0.2) is 0 Å². The lowest BCUT2D eigenvalue weighted by molar-refractivity contribution is -0.148. The Morgan fingerprint density at radius 1 is 1.29 bits per heavy atom. The minimum atomic E-state index is -4.53. The van der Waals surface area contributed by atoms with Crippen LogP contribution >= 0.6 is 0 Å². The molecular weight excluding hydrogens is 287 g/mol. The maximum absolute atomic E-state index is 12.9. The number of alkyl halides is 3. The Labute approximate surface area is 119 Å². The third-order valence-corrected chi connectivity index (χ3v) is 3.52. The van der Waals surface area contributed by atoms with E-state index in [0.29, 0.717) is 12.8 Å². The predicted molar refractivity (Wildman–Crippen MR) is 67.5 cm³/mol. The van der Waals surface area contributed by atoms with Crippen LogP contribution < -0.4 is 0 Å². The fourth-order valence-corrected chi connectivity index (χ4v) is 2.54. The summed E-state index contributed by atoms with van der Waals surface area (Å²) in [5.41, 5.74) is -0.990. The van der Waals surface area contributed by atoms with Crippen LogP contribution in [0.3, 0.4) is 0 Å². The Morgan fingerprint density at radius 2 is 1.95 bits per heavy atom. The largest absolute Gasteiger partial charge is 0.480 e. The van der Waals surface area contributed by atoms with Gasteiger partial charge in [0.1, 0.15) is 6.04 Å². The number of carbonyl (C=O) groups is 2. The van der Waals surface area contributed by atoms with Crippen molar-refractivity contribution >= 4 is 11.9 Å². The zero-order valence-corrected chi connectivity index (χ0v) is 11.1. The van der Waals surface area contributed by atoms with Gasteiger partial charge in [0, 0.05) is 6.54 Å². The molecule has 114 valence electrons. The smallest absolute Gasteiger partial charge is 0.416 e. The van der Waals surface area contributed by atoms with Crippen LogP contribution in [0.15, 0.2) is 24.3 Å². The molecule has 0 spiro atoms. The molecule has 1 amide bonds. The molecule has 0 saturated carbocycles. The second-order valence-electron chi connectivity index (χ2n) is 4.92. The lowest BCUT2D eigenvalue weighted by Gasteiger charge is -2.22. The first-order valence-corrected chi connectivity index (χ1v) is 6.48. The molecule has 1 atom stereocenters. The molecule has 21 heavy (non-hydrogen) atoms. The molecular formula is C14H14F3NO3. The van der Waals surface area contributed by atoms with Crippen LogP contribution in [0.25, 0.3) is 0 Å². The van der Waals surface area contributed by atoms with E-state index in [4.69, 9.17) is 5.11 Å². The van der Waals surface area contributed by atoms with Crippen molar-refractivity contribution in [2.24, 2.45) is 0 Å². The standard InChI is InChI=1S/C14H14F3NO3/c15-14(16,17)10-5-2-1-4-9(10)8-12(19)18-7-3-6-11(18)13(20)21/h1-2,4-5,11H,3,6-8H2,(H,20,21)/t11-/m1/s1. The molecule has 1 aromatic rings. The second-order valence-corrected chi connectivity index (χ2v) is 4.92. The van der Waals surface area contributed by atoms with Gasteiger partial charge in [-0.05, 0) is 24.5 Å². The van der Waals surface area contributed by atoms with Gasteiger partial charge < -0.3 is 10.0 Å². The molecule has 1 aliphatic rings. The number of hydrogen-bond donors (Lipinski definition) is 1. The Balaban J connectivity index is 2.19. The summed E-state index contributed by atoms with van der Waals surface area (Å²) in [4.78, 5) is 24.3. The van der Waals surface area contributed by atoms with Crippen molar-refractivity contribution in [3.8, 4) is 0 Å². The topological polar surface area (TPSA) is 57.6 Å². The van der Waals surface area contributed by atoms with Gasteiger partial charge in [-0.3, -0.25) is 4.79 Å². The Kier molecular flexibility index (Phi) is 4.20. The van der Waals surface area contributed by atoms with E-state index in [-0.39, 0.29) is 12.1 Å². The van der Waals surface area contributed by atoms with Crippen molar-refractivity contribution in [2.75, 3.05) is 6.54 Å². The maximum Gasteiger partial charge on any atom is 0.416 e. The van der Waals surface area contributed by atoms with E-state index in [2.05, 4.69) is 0 Å². The Morgan fingerprint density at radius 3 is 2.57 bits per heavy atom. The van der Waals surface area contributed by atoms with Crippen LogP contribution in [-0.2, 0) is 22.2 Å². The number of aliphatic carboxylic acids is 1. The van der Waals surface area contributed by atoms with Gasteiger partial charge >= 0.3 is 12.1 Å². The number of rotatable bonds is 3. The molecule has 0 bridgehead atoms. The summed E-state index contributed by atoms with van der Waals surface area (Å²) in [6, 6.07) is 3.91. The highest BCUT2D eigenvalue weighted by atomic mass is 19.4. The number of amides is 1. The quantitative estimate of drug-likeness (QED) is 0.932. The van der Waals surface area contributed by atoms with Gasteiger partial charge in [-0.15, -0.1) is 0 Å². The molecule has 0 aliphatic carbocycles. The van der Waals surface area contributed by atoms with Gasteiger partial charge in [-0.1, -0.05) is 18.2 Å². The summed E-state index contributed by atoms with van der Waals surface area (Å²) < 4.78 is 38.6. The van der Waals surface area contributed by atoms with Crippen molar-refractivity contribution in [2.45, 2.75) is 31.5 Å². The normalized spacial score (nSPS) is 18.8. The lowest BCUT2D eigenvalue weighted by Crippen LogP contribution is -2.41. The molecule has 1 heterocycles. The van der Waals surface area contributed by atoms with Crippen molar-refractivity contribution in [3.63, 3.8) is 0 Å². The van der Waals surface area contributed by atoms with Gasteiger partial charge in [-0.2, -0.15) is 13.2 Å². The Bertz CT molecular complexity index is 557. The van der Waals surface area contributed by atoms with Gasteiger partial charge in [0.05, 0.1) is 12.0 Å². The van der Waals surface area contributed by atoms with Crippen molar-refractivity contribution in [1.29, 1.82) is 0 Å². The summed E-state index contributed by atoms with van der Waals surface area (Å²) in [6.07, 6.45) is -4.10. The van der Waals surface area contributed by atoms with Crippen molar-refractivity contribution < 1.29 is 27.9 Å². The summed E-state index contributed by atoms with van der Waals surface area (Å²) in [6.45, 7) is 0.268. The van der Waals surface area contributed by atoms with E-state index >= 15 is 0 Å². The van der Waals surface area contributed by atoms with Crippen LogP contribution in [0, 0.1) is 0 Å². The molecule has 1 fully saturated rings. The molecule has 1 aromatic carbocycles. The highest BCUT2D eigenvalue weighted by molar-refractivity contribution is 5.85. The van der Waals surface area contributed by atoms with Crippen molar-refractivity contribution in [1.82, 2.24) is 4.90 Å². The first-order chi connectivity index (χ1) is 9.80. The first-order valence-electron chi connectivity index (χ1n) is 6.48. The van der Waals surface area contributed by atoms with Gasteiger partial charge in [0.2, 0.25) is 5.91 Å². The van der Waals surface area contributed by atoms with E-state index < -0.39 is 36.1 Å². The molecule has 2 rings (SSSR count). The molecule has 7 heteroatoms. The van der Waals surface area contributed by atoms with Crippen molar-refractivity contribution in [3.05, 3.63) is 35.4 Å². The number of nitrogens with zero attached hydrogens (tertiary/aromatic N) is 1. The number of carbonyl (C=O) groups excluding carboxylic acids is 1. The van der Waals surface area contributed by atoms with E-state index in [1.807, 2.05) is 0 Å². The Hall–Kier alpha value is -2.05. The molecule has 1 saturated heterocycles. The SMILES string of the molecule is O=C(O)[C@H]1CCCN1C(=O)Cc1ccccc1C(F)(F)F. The highest BCUT2D eigenvalue weighted by Gasteiger charge is 2.36. The molecule has 0 aromatic heterocycles. The number of benzene rings is 1. The summed E-state index contributed by atoms with van der Waals surface area (Å²) in [7, 11) is 0. The number of halogens is 3. The minimum Gasteiger partial charge on any atom is -0.480 e. The third kappa shape index (κ3) is 3.34. The molecule has 1 N–H and O–H groups in total. The molecule has 1 aliphatic heterocycles. The highest BCUT2D eigenvalue weighted by Crippen LogP contribution is 2.32. The number of carboxylic acid groups (broad SMARTS) is 1. The molecule has 0 radical (unpaired) electrons. The fourth-order valence-electron chi connectivity index (χ4n) is 2.54. The van der Waals surface area contributed by atoms with Gasteiger partial charge in [-0.25, -0.2) is 4.79 Å².